The van der Waals surface area contributed by atoms with E-state index in [-0.39, 0.29) is 5.75 Å². The molecule has 5 heteroatoms. The van der Waals surface area contributed by atoms with Crippen LogP contribution in [0.5, 0.6) is 0 Å². The monoisotopic (exact) mass is 210 g/mol. The maximum atomic E-state index is 10.5. The van der Waals surface area contributed by atoms with Crippen LogP contribution in [0.2, 0.25) is 0 Å². The molecule has 1 aromatic carbocycles. The Morgan fingerprint density at radius 2 is 2.36 bits per heavy atom. The number of aryl methyl sites for hydroxylation is 1. The van der Waals surface area contributed by atoms with Gasteiger partial charge in [0.15, 0.2) is 11.5 Å². The van der Waals surface area contributed by atoms with E-state index in [0.29, 0.717) is 17.0 Å². The Labute approximate surface area is 83.2 Å². The maximum Gasteiger partial charge on any atom is 0.192 e. The zero-order valence-corrected chi connectivity index (χ0v) is 8.34. The van der Waals surface area contributed by atoms with E-state index < -0.39 is 11.1 Å². The van der Waals surface area contributed by atoms with Crippen molar-refractivity contribution in [3.05, 3.63) is 29.7 Å². The predicted octanol–water partition coefficient (Wildman–Crippen LogP) is 1.52. The summed E-state index contributed by atoms with van der Waals surface area (Å²) in [5, 5.41) is 0. The highest BCUT2D eigenvalue weighted by atomic mass is 32.2. The zero-order chi connectivity index (χ0) is 10.1. The van der Waals surface area contributed by atoms with E-state index in [1.807, 2.05) is 0 Å². The first-order chi connectivity index (χ1) is 6.65. The molecule has 1 heterocycles. The number of nitrogens with zero attached hydrogens (tertiary/aromatic N) is 1. The Hall–Kier alpha value is -1.20. The molecule has 1 unspecified atom stereocenters. The van der Waals surface area contributed by atoms with Gasteiger partial charge in [-0.2, -0.15) is 0 Å². The van der Waals surface area contributed by atoms with Crippen LogP contribution >= 0.6 is 0 Å². The fraction of sp³-hybridized carbons (Fsp3) is 0.222. The van der Waals surface area contributed by atoms with Crippen molar-refractivity contribution in [2.24, 2.45) is 0 Å². The number of aromatic nitrogens is 1. The van der Waals surface area contributed by atoms with Gasteiger partial charge < -0.3 is 8.97 Å². The average Bonchev–Trinajstić information content (AvgIpc) is 2.42. The first-order valence-corrected chi connectivity index (χ1v) is 5.31. The first-order valence-electron chi connectivity index (χ1n) is 4.07. The molecule has 0 aliphatic heterocycles. The molecule has 1 aromatic heterocycles. The van der Waals surface area contributed by atoms with Crippen LogP contribution in [0.4, 0.5) is 0 Å². The molecule has 2 aromatic rings. The average molecular weight is 210 g/mol. The van der Waals surface area contributed by atoms with Gasteiger partial charge in [0.2, 0.25) is 0 Å². The highest BCUT2D eigenvalue weighted by Gasteiger charge is 2.02. The summed E-state index contributed by atoms with van der Waals surface area (Å²) in [6.45, 7) is 1.76. The Morgan fingerprint density at radius 1 is 1.57 bits per heavy atom. The normalized spacial score (nSPS) is 13.3. The molecule has 14 heavy (non-hydrogen) atoms. The van der Waals surface area contributed by atoms with Crippen molar-refractivity contribution in [3.63, 3.8) is 0 Å². The standard InChI is InChI=1S/C9H9NO3S/c1-6-10-8-3-2-7(5-14(11)12)4-9(8)13-6/h2-4H,5H2,1H3,(H,11,12)/p-1. The molecular formula is C9H8NO3S-. The molecule has 0 saturated heterocycles. The molecule has 0 bridgehead atoms. The van der Waals surface area contributed by atoms with Gasteiger partial charge in [0.25, 0.3) is 0 Å². The number of benzene rings is 1. The Balaban J connectivity index is 2.45. The lowest BCUT2D eigenvalue weighted by Gasteiger charge is -2.03. The minimum absolute atomic E-state index is 0.00961. The third kappa shape index (κ3) is 1.83. The summed E-state index contributed by atoms with van der Waals surface area (Å²) in [5.74, 6) is 0.593. The van der Waals surface area contributed by atoms with Crippen molar-refractivity contribution in [1.29, 1.82) is 0 Å². The third-order valence-corrected chi connectivity index (χ3v) is 2.41. The van der Waals surface area contributed by atoms with E-state index in [9.17, 15) is 8.76 Å². The molecule has 2 rings (SSSR count). The molecule has 74 valence electrons. The molecule has 0 saturated carbocycles. The SMILES string of the molecule is Cc1nc2ccc(CS(=O)[O-])cc2o1. The number of hydrogen-bond acceptors (Lipinski definition) is 4. The summed E-state index contributed by atoms with van der Waals surface area (Å²) < 4.78 is 26.2. The lowest BCUT2D eigenvalue weighted by atomic mass is 10.2. The molecule has 0 radical (unpaired) electrons. The number of oxazole rings is 1. The highest BCUT2D eigenvalue weighted by molar-refractivity contribution is 7.78. The first kappa shape index (κ1) is 9.36. The van der Waals surface area contributed by atoms with Crippen LogP contribution < -0.4 is 0 Å². The molecule has 1 atom stereocenters. The van der Waals surface area contributed by atoms with Crippen molar-refractivity contribution in [3.8, 4) is 0 Å². The van der Waals surface area contributed by atoms with Gasteiger partial charge in [0, 0.05) is 12.7 Å². The fourth-order valence-corrected chi connectivity index (χ4v) is 1.76. The van der Waals surface area contributed by atoms with Crippen molar-refractivity contribution < 1.29 is 13.2 Å². The van der Waals surface area contributed by atoms with Crippen molar-refractivity contribution in [2.45, 2.75) is 12.7 Å². The Morgan fingerprint density at radius 3 is 3.07 bits per heavy atom. The molecule has 0 fully saturated rings. The number of hydrogen-bond donors (Lipinski definition) is 0. The molecule has 0 aliphatic rings. The summed E-state index contributed by atoms with van der Waals surface area (Å²) in [6, 6.07) is 5.19. The summed E-state index contributed by atoms with van der Waals surface area (Å²) in [4.78, 5) is 4.11. The molecule has 0 spiro atoms. The molecule has 0 N–H and O–H groups in total. The van der Waals surface area contributed by atoms with Crippen LogP contribution in [0.25, 0.3) is 11.1 Å². The van der Waals surface area contributed by atoms with Gasteiger partial charge in [-0.15, -0.1) is 0 Å². The van der Waals surface area contributed by atoms with Crippen LogP contribution in [-0.4, -0.2) is 13.7 Å². The van der Waals surface area contributed by atoms with Crippen LogP contribution in [0.3, 0.4) is 0 Å². The van der Waals surface area contributed by atoms with Crippen LogP contribution in [0, 0.1) is 6.92 Å². The van der Waals surface area contributed by atoms with Gasteiger partial charge in [0.1, 0.15) is 5.52 Å². The molecule has 0 amide bonds. The summed E-state index contributed by atoms with van der Waals surface area (Å²) in [5.41, 5.74) is 2.09. The summed E-state index contributed by atoms with van der Waals surface area (Å²) >= 11 is -2.06. The van der Waals surface area contributed by atoms with Crippen molar-refractivity contribution in [2.75, 3.05) is 0 Å². The van der Waals surface area contributed by atoms with Gasteiger partial charge in [-0.25, -0.2) is 4.98 Å². The van der Waals surface area contributed by atoms with Crippen molar-refractivity contribution in [1.82, 2.24) is 4.98 Å². The van der Waals surface area contributed by atoms with Crippen LogP contribution in [0.15, 0.2) is 22.6 Å². The molecular weight excluding hydrogens is 202 g/mol. The molecule has 0 aliphatic carbocycles. The van der Waals surface area contributed by atoms with Gasteiger partial charge >= 0.3 is 0 Å². The highest BCUT2D eigenvalue weighted by Crippen LogP contribution is 2.17. The van der Waals surface area contributed by atoms with E-state index >= 15 is 0 Å². The maximum absolute atomic E-state index is 10.5. The zero-order valence-electron chi connectivity index (χ0n) is 7.52. The number of rotatable bonds is 2. The smallest absolute Gasteiger partial charge is 0.192 e. The third-order valence-electron chi connectivity index (χ3n) is 1.84. The minimum atomic E-state index is -2.06. The predicted molar refractivity (Wildman–Crippen MR) is 51.4 cm³/mol. The number of fused-ring (bicyclic) bond motifs is 1. The van der Waals surface area contributed by atoms with Crippen LogP contribution in [0.1, 0.15) is 11.5 Å². The van der Waals surface area contributed by atoms with E-state index in [4.69, 9.17) is 4.42 Å². The Kier molecular flexibility index (Phi) is 2.35. The Bertz CT molecular complexity index is 492. The lowest BCUT2D eigenvalue weighted by Crippen LogP contribution is -1.92. The van der Waals surface area contributed by atoms with Crippen molar-refractivity contribution >= 4 is 22.2 Å². The van der Waals surface area contributed by atoms with Gasteiger partial charge in [-0.05, 0) is 17.7 Å². The second-order valence-corrected chi connectivity index (χ2v) is 3.88. The van der Waals surface area contributed by atoms with E-state index in [1.165, 1.54) is 0 Å². The van der Waals surface area contributed by atoms with E-state index in [1.54, 1.807) is 25.1 Å². The van der Waals surface area contributed by atoms with Gasteiger partial charge in [-0.3, -0.25) is 4.21 Å². The van der Waals surface area contributed by atoms with Gasteiger partial charge in [0.05, 0.1) is 0 Å². The second-order valence-electron chi connectivity index (χ2n) is 2.98. The second kappa shape index (κ2) is 3.51. The fourth-order valence-electron chi connectivity index (χ4n) is 1.31. The van der Waals surface area contributed by atoms with E-state index in [2.05, 4.69) is 4.98 Å². The lowest BCUT2D eigenvalue weighted by molar-refractivity contribution is 0.536. The topological polar surface area (TPSA) is 66.2 Å². The minimum Gasteiger partial charge on any atom is -0.772 e. The summed E-state index contributed by atoms with van der Waals surface area (Å²) in [6.07, 6.45) is 0. The molecule has 4 nitrogen and oxygen atoms in total. The largest absolute Gasteiger partial charge is 0.772 e. The quantitative estimate of drug-likeness (QED) is 0.705. The van der Waals surface area contributed by atoms with E-state index in [0.717, 1.165) is 5.52 Å². The van der Waals surface area contributed by atoms with Crippen LogP contribution in [-0.2, 0) is 16.8 Å². The van der Waals surface area contributed by atoms with Gasteiger partial charge in [-0.1, -0.05) is 17.1 Å². The summed E-state index contributed by atoms with van der Waals surface area (Å²) in [7, 11) is 0.